The molecule has 366 valence electrons. The summed E-state index contributed by atoms with van der Waals surface area (Å²) in [7, 11) is 0. The van der Waals surface area contributed by atoms with Gasteiger partial charge in [-0.3, -0.25) is 0 Å². The SMILES string of the molecule is FC(F)(F)C(F)(F)C(F)(F)C(F)(F)CCN(CCC(F)(F)C(F)(F)C(F)(F)C(F)(F)F)c1nc(=S)[nH]c(=S)[nH]1.FC(F)(F)C(F)(F)C(F)(F)C(F)(F)CCNc1nc(=S)[nH]c(=S)[nH]1. The van der Waals surface area contributed by atoms with Gasteiger partial charge in [0.15, 0.2) is 9.54 Å². The molecule has 0 saturated carbocycles. The maximum atomic E-state index is 13.9. The minimum atomic E-state index is -7.36. The topological polar surface area (TPSA) is 104 Å². The molecule has 2 heterocycles. The highest BCUT2D eigenvalue weighted by Gasteiger charge is 2.83. The van der Waals surface area contributed by atoms with E-state index in [9.17, 15) is 119 Å². The highest BCUT2D eigenvalue weighted by Crippen LogP contribution is 2.56. The summed E-state index contributed by atoms with van der Waals surface area (Å²) < 4.78 is 347. The van der Waals surface area contributed by atoms with Gasteiger partial charge >= 0.3 is 71.8 Å². The number of aromatic amines is 4. The quantitative estimate of drug-likeness (QED) is 0.0789. The van der Waals surface area contributed by atoms with E-state index >= 15 is 0 Å². The molecule has 2 aromatic rings. The van der Waals surface area contributed by atoms with E-state index in [1.807, 2.05) is 10.3 Å². The van der Waals surface area contributed by atoms with Crippen molar-refractivity contribution in [3.63, 3.8) is 0 Å². The van der Waals surface area contributed by atoms with E-state index in [2.05, 4.69) is 68.8 Å². The summed E-state index contributed by atoms with van der Waals surface area (Å²) in [6.45, 7) is -5.19. The number of alkyl halides is 27. The molecule has 0 spiro atoms. The second-order valence-corrected chi connectivity index (χ2v) is 13.5. The van der Waals surface area contributed by atoms with Gasteiger partial charge in [-0.15, -0.1) is 0 Å². The van der Waals surface area contributed by atoms with Crippen molar-refractivity contribution >= 4 is 60.8 Å². The van der Waals surface area contributed by atoms with Crippen LogP contribution in [0, 0.1) is 19.1 Å². The van der Waals surface area contributed by atoms with Crippen LogP contribution in [-0.2, 0) is 0 Å². The molecule has 0 aromatic carbocycles. The number of halogens is 27. The van der Waals surface area contributed by atoms with E-state index in [1.54, 1.807) is 4.98 Å². The van der Waals surface area contributed by atoms with Gasteiger partial charge in [0.25, 0.3) is 0 Å². The molecule has 2 aromatic heterocycles. The first-order valence-corrected chi connectivity index (χ1v) is 16.7. The molecule has 0 aliphatic heterocycles. The molecule has 5 N–H and O–H groups in total. The van der Waals surface area contributed by atoms with Crippen molar-refractivity contribution in [3.05, 3.63) is 19.1 Å². The second kappa shape index (κ2) is 18.5. The molecule has 0 aliphatic rings. The highest BCUT2D eigenvalue weighted by atomic mass is 32.1. The Morgan fingerprint density at radius 2 is 0.698 bits per heavy atom. The number of H-pyrrole nitrogens is 4. The van der Waals surface area contributed by atoms with Crippen LogP contribution in [0.1, 0.15) is 19.3 Å². The highest BCUT2D eigenvalue weighted by molar-refractivity contribution is 7.72. The predicted octanol–water partition coefficient (Wildman–Crippen LogP) is 12.2. The number of nitrogens with one attached hydrogen (secondary N) is 5. The largest absolute Gasteiger partial charge is 0.460 e. The van der Waals surface area contributed by atoms with Crippen molar-refractivity contribution in [2.45, 2.75) is 91.1 Å². The lowest BCUT2D eigenvalue weighted by molar-refractivity contribution is -0.396. The fraction of sp³-hybridized carbons (Fsp3) is 0.750. The zero-order valence-electron chi connectivity index (χ0n) is 28.9. The number of hydrogen-bond acceptors (Lipinski definition) is 8. The third-order valence-corrected chi connectivity index (χ3v) is 8.17. The predicted molar refractivity (Wildman–Crippen MR) is 166 cm³/mol. The molecule has 0 aliphatic carbocycles. The van der Waals surface area contributed by atoms with Crippen LogP contribution in [0.15, 0.2) is 0 Å². The molecule has 0 fully saturated rings. The van der Waals surface area contributed by atoms with Gasteiger partial charge < -0.3 is 30.2 Å². The van der Waals surface area contributed by atoms with Gasteiger partial charge in [-0.2, -0.15) is 129 Å². The van der Waals surface area contributed by atoms with Gasteiger partial charge in [-0.25, -0.2) is 0 Å². The van der Waals surface area contributed by atoms with Crippen molar-refractivity contribution in [3.8, 4) is 0 Å². The van der Waals surface area contributed by atoms with Crippen LogP contribution in [0.5, 0.6) is 0 Å². The summed E-state index contributed by atoms with van der Waals surface area (Å²) in [4.78, 5) is 14.7. The smallest absolute Gasteiger partial charge is 0.355 e. The van der Waals surface area contributed by atoms with E-state index in [1.165, 1.54) is 0 Å². The summed E-state index contributed by atoms with van der Waals surface area (Å²) >= 11 is 18.1. The van der Waals surface area contributed by atoms with Crippen molar-refractivity contribution in [2.75, 3.05) is 29.9 Å². The Morgan fingerprint density at radius 1 is 0.397 bits per heavy atom. The average Bonchev–Trinajstić information content (AvgIpc) is 3.05. The number of aromatic nitrogens is 6. The van der Waals surface area contributed by atoms with Gasteiger partial charge in [0.2, 0.25) is 21.4 Å². The van der Waals surface area contributed by atoms with Crippen LogP contribution in [-0.4, -0.2) is 121 Å². The minimum absolute atomic E-state index is 0.113. The maximum absolute atomic E-state index is 13.9. The Labute approximate surface area is 349 Å². The zero-order chi connectivity index (χ0) is 50.2. The number of rotatable bonds is 17. The summed E-state index contributed by atoms with van der Waals surface area (Å²) in [5.41, 5.74) is 0. The van der Waals surface area contributed by atoms with Crippen molar-refractivity contribution in [2.24, 2.45) is 0 Å². The van der Waals surface area contributed by atoms with E-state index in [4.69, 9.17) is 0 Å². The summed E-state index contributed by atoms with van der Waals surface area (Å²) in [5, 5.41) is 1.99. The standard InChI is InChI=1S/C15H10F18N4S2.C9H7F9N4S2/c16-8(17,10(20,21)12(24,25)14(28,29)30)1-3-37(5-34-6(38)36-7(39)35-5)4-2-9(18,19)11(22,23)13(26,27)15(31,32)33;10-6(11,7(12,13)8(14,15)9(16,17)18)1-2-19-3-20-4(23)22-5(24)21-3/h1-4H2,(H2,34,35,36,38,39);1-2H2,(H3,19,20,21,22,23,24). The van der Waals surface area contributed by atoms with Crippen LogP contribution in [0.2, 0.25) is 0 Å². The summed E-state index contributed by atoms with van der Waals surface area (Å²) in [5.74, 6) is -62.5. The monoisotopic (exact) mass is 1060 g/mol. The third kappa shape index (κ3) is 12.1. The Balaban J connectivity index is 0.000000706. The van der Waals surface area contributed by atoms with Crippen LogP contribution >= 0.6 is 48.9 Å². The third-order valence-electron chi connectivity index (χ3n) is 7.37. The molecule has 0 atom stereocenters. The van der Waals surface area contributed by atoms with Crippen LogP contribution in [0.25, 0.3) is 0 Å². The molecule has 0 amide bonds. The van der Waals surface area contributed by atoms with Gasteiger partial charge in [-0.05, 0) is 48.9 Å². The number of hydrogen-bond donors (Lipinski definition) is 5. The van der Waals surface area contributed by atoms with E-state index in [-0.39, 0.29) is 20.4 Å². The molecular weight excluding hydrogens is 1040 g/mol. The summed E-state index contributed by atoms with van der Waals surface area (Å²) in [6, 6.07) is 0. The fourth-order valence-electron chi connectivity index (χ4n) is 3.92. The van der Waals surface area contributed by atoms with Crippen LogP contribution in [0.4, 0.5) is 130 Å². The molecule has 2 rings (SSSR count). The van der Waals surface area contributed by atoms with Crippen LogP contribution in [0.3, 0.4) is 0 Å². The average molecular weight is 1060 g/mol. The van der Waals surface area contributed by atoms with Crippen LogP contribution < -0.4 is 10.2 Å². The lowest BCUT2D eigenvalue weighted by Gasteiger charge is -2.36. The number of nitrogens with zero attached hydrogens (tertiary/aromatic N) is 3. The Morgan fingerprint density at radius 3 is 1.00 bits per heavy atom. The molecule has 0 unspecified atom stereocenters. The van der Waals surface area contributed by atoms with E-state index < -0.39 is 126 Å². The first-order chi connectivity index (χ1) is 27.6. The van der Waals surface area contributed by atoms with E-state index in [0.717, 1.165) is 0 Å². The van der Waals surface area contributed by atoms with Gasteiger partial charge in [0.05, 0.1) is 0 Å². The van der Waals surface area contributed by atoms with Gasteiger partial charge in [0, 0.05) is 38.9 Å². The summed E-state index contributed by atoms with van der Waals surface area (Å²) in [6.07, 6.45) is -28.9. The molecular formula is C24H17F27N8S4. The lowest BCUT2D eigenvalue weighted by atomic mass is 9.99. The van der Waals surface area contributed by atoms with E-state index in [0.29, 0.717) is 0 Å². The molecule has 8 nitrogen and oxygen atoms in total. The number of anilines is 2. The Kier molecular flexibility index (Phi) is 16.9. The second-order valence-electron chi connectivity index (χ2n) is 11.9. The van der Waals surface area contributed by atoms with Gasteiger partial charge in [0.1, 0.15) is 0 Å². The fourth-order valence-corrected chi connectivity index (χ4v) is 4.81. The lowest BCUT2D eigenvalue weighted by Crippen LogP contribution is -2.62. The van der Waals surface area contributed by atoms with Crippen molar-refractivity contribution in [1.82, 2.24) is 29.9 Å². The first-order valence-electron chi connectivity index (χ1n) is 15.1. The maximum Gasteiger partial charge on any atom is 0.460 e. The zero-order valence-corrected chi connectivity index (χ0v) is 32.2. The van der Waals surface area contributed by atoms with Crippen molar-refractivity contribution in [1.29, 1.82) is 0 Å². The molecule has 0 bridgehead atoms. The molecule has 63 heavy (non-hydrogen) atoms. The Bertz CT molecular complexity index is 1990. The normalized spacial score (nSPS) is 14.6. The Hall–Kier alpha value is -3.39. The molecule has 0 saturated heterocycles. The molecule has 39 heteroatoms. The minimum Gasteiger partial charge on any atom is -0.355 e. The van der Waals surface area contributed by atoms with Crippen molar-refractivity contribution < 1.29 is 119 Å². The molecule has 0 radical (unpaired) electrons. The first kappa shape index (κ1) is 57.6. The van der Waals surface area contributed by atoms with Gasteiger partial charge in [-0.1, -0.05) is 0 Å².